The molecular formula is C26H28ClN3O3. The van der Waals surface area contributed by atoms with Gasteiger partial charge in [-0.1, -0.05) is 36.2 Å². The minimum absolute atomic E-state index is 0.00143. The average molecular weight is 466 g/mol. The van der Waals surface area contributed by atoms with E-state index in [1.54, 1.807) is 30.3 Å². The smallest absolute Gasteiger partial charge is 0.291 e. The number of carbonyl (C=O) groups is 2. The van der Waals surface area contributed by atoms with E-state index in [2.05, 4.69) is 10.2 Å². The first-order chi connectivity index (χ1) is 16.1. The van der Waals surface area contributed by atoms with Crippen molar-refractivity contribution >= 4 is 35.2 Å². The summed E-state index contributed by atoms with van der Waals surface area (Å²) in [5.74, 6) is 0.304. The highest BCUT2D eigenvalue weighted by Gasteiger charge is 2.29. The number of hydrogen-bond acceptors (Lipinski definition) is 4. The zero-order chi connectivity index (χ0) is 22.8. The molecule has 0 aromatic heterocycles. The molecule has 2 fully saturated rings. The van der Waals surface area contributed by atoms with Crippen LogP contribution in [0.2, 0.25) is 5.02 Å². The lowest BCUT2D eigenvalue weighted by Gasteiger charge is -2.40. The lowest BCUT2D eigenvalue weighted by atomic mass is 9.99. The summed E-state index contributed by atoms with van der Waals surface area (Å²) in [6.07, 6.45) is 7.57. The third-order valence-corrected chi connectivity index (χ3v) is 7.11. The number of carbonyl (C=O) groups excluding carboxylic acids is 2. The van der Waals surface area contributed by atoms with Gasteiger partial charge in [0.1, 0.15) is 0 Å². The zero-order valence-electron chi connectivity index (χ0n) is 18.6. The zero-order valence-corrected chi connectivity index (χ0v) is 19.3. The Morgan fingerprint density at radius 2 is 1.79 bits per heavy atom. The highest BCUT2D eigenvalue weighted by molar-refractivity contribution is 6.32. The molecule has 3 aliphatic rings. The van der Waals surface area contributed by atoms with Crippen molar-refractivity contribution in [1.29, 1.82) is 0 Å². The summed E-state index contributed by atoms with van der Waals surface area (Å²) in [7, 11) is 0. The van der Waals surface area contributed by atoms with Crippen molar-refractivity contribution in [2.45, 2.75) is 38.1 Å². The van der Waals surface area contributed by atoms with Crippen molar-refractivity contribution in [3.8, 4) is 5.75 Å². The van der Waals surface area contributed by atoms with Crippen molar-refractivity contribution in [2.75, 3.05) is 31.5 Å². The van der Waals surface area contributed by atoms with Gasteiger partial charge in [-0.3, -0.25) is 9.59 Å². The Kier molecular flexibility index (Phi) is 6.38. The third-order valence-electron chi connectivity index (χ3n) is 6.77. The molecule has 2 saturated heterocycles. The molecule has 172 valence electrons. The lowest BCUT2D eigenvalue weighted by Crippen LogP contribution is -2.48. The molecule has 0 bridgehead atoms. The maximum absolute atomic E-state index is 13.1. The number of halogens is 1. The van der Waals surface area contributed by atoms with Crippen LogP contribution < -0.4 is 10.1 Å². The lowest BCUT2D eigenvalue weighted by molar-refractivity contribution is -0.115. The van der Waals surface area contributed by atoms with Crippen molar-refractivity contribution in [2.24, 2.45) is 0 Å². The van der Waals surface area contributed by atoms with Gasteiger partial charge >= 0.3 is 0 Å². The number of nitrogens with zero attached hydrogens (tertiary/aromatic N) is 2. The molecule has 5 rings (SSSR count). The molecule has 2 aromatic carbocycles. The molecule has 3 heterocycles. The minimum Gasteiger partial charge on any atom is -0.449 e. The topological polar surface area (TPSA) is 61.9 Å². The fraction of sp³-hybridized carbons (Fsp3) is 0.385. The molecule has 2 amide bonds. The molecule has 0 spiro atoms. The normalized spacial score (nSPS) is 20.8. The summed E-state index contributed by atoms with van der Waals surface area (Å²) in [6, 6.07) is 13.1. The maximum Gasteiger partial charge on any atom is 0.291 e. The summed E-state index contributed by atoms with van der Waals surface area (Å²) < 4.78 is 5.82. The second-order valence-corrected chi connectivity index (χ2v) is 9.32. The van der Waals surface area contributed by atoms with Gasteiger partial charge < -0.3 is 19.9 Å². The summed E-state index contributed by atoms with van der Waals surface area (Å²) in [6.45, 7) is 3.92. The highest BCUT2D eigenvalue weighted by Crippen LogP contribution is 2.33. The molecule has 0 saturated carbocycles. The highest BCUT2D eigenvalue weighted by atomic mass is 35.5. The van der Waals surface area contributed by atoms with Crippen LogP contribution in [0.25, 0.3) is 6.08 Å². The Morgan fingerprint density at radius 3 is 2.55 bits per heavy atom. The van der Waals surface area contributed by atoms with Crippen LogP contribution >= 0.6 is 11.6 Å². The second-order valence-electron chi connectivity index (χ2n) is 8.92. The van der Waals surface area contributed by atoms with Crippen molar-refractivity contribution in [3.05, 3.63) is 64.4 Å². The SMILES string of the molecule is O=C1Nc2cc(C(=O)N3CCC(N4CCCCC4)CC3)ccc2OC1=Cc1ccccc1Cl. The van der Waals surface area contributed by atoms with Gasteiger partial charge in [-0.2, -0.15) is 0 Å². The number of ether oxygens (including phenoxy) is 1. The Hall–Kier alpha value is -2.83. The number of nitrogens with one attached hydrogen (secondary N) is 1. The van der Waals surface area contributed by atoms with Crippen molar-refractivity contribution in [1.82, 2.24) is 9.80 Å². The number of amides is 2. The van der Waals surface area contributed by atoms with E-state index in [4.69, 9.17) is 16.3 Å². The molecule has 7 heteroatoms. The molecule has 3 aliphatic heterocycles. The Morgan fingerprint density at radius 1 is 1.03 bits per heavy atom. The molecule has 2 aromatic rings. The van der Waals surface area contributed by atoms with Crippen LogP contribution in [0.5, 0.6) is 5.75 Å². The number of benzene rings is 2. The Bertz CT molecular complexity index is 1090. The number of likely N-dealkylation sites (tertiary alicyclic amines) is 2. The van der Waals surface area contributed by atoms with Gasteiger partial charge in [0.25, 0.3) is 11.8 Å². The predicted molar refractivity (Wildman–Crippen MR) is 129 cm³/mol. The summed E-state index contributed by atoms with van der Waals surface area (Å²) in [5.41, 5.74) is 1.77. The van der Waals surface area contributed by atoms with Crippen LogP contribution in [0.3, 0.4) is 0 Å². The van der Waals surface area contributed by atoms with Crippen LogP contribution in [0.4, 0.5) is 5.69 Å². The van der Waals surface area contributed by atoms with Crippen LogP contribution in [-0.4, -0.2) is 53.8 Å². The number of hydrogen-bond donors (Lipinski definition) is 1. The number of anilines is 1. The quantitative estimate of drug-likeness (QED) is 0.661. The molecule has 6 nitrogen and oxygen atoms in total. The Balaban J connectivity index is 1.26. The first kappa shape index (κ1) is 22.0. The van der Waals surface area contributed by atoms with Gasteiger partial charge in [0.2, 0.25) is 0 Å². The van der Waals surface area contributed by atoms with Crippen molar-refractivity contribution in [3.63, 3.8) is 0 Å². The van der Waals surface area contributed by atoms with Crippen molar-refractivity contribution < 1.29 is 14.3 Å². The first-order valence-electron chi connectivity index (χ1n) is 11.7. The molecule has 0 atom stereocenters. The summed E-state index contributed by atoms with van der Waals surface area (Å²) in [4.78, 5) is 30.2. The molecule has 33 heavy (non-hydrogen) atoms. The number of fused-ring (bicyclic) bond motifs is 1. The molecule has 1 N–H and O–H groups in total. The average Bonchev–Trinajstić information content (AvgIpc) is 2.86. The largest absolute Gasteiger partial charge is 0.449 e. The predicted octanol–water partition coefficient (Wildman–Crippen LogP) is 4.80. The van der Waals surface area contributed by atoms with E-state index in [1.165, 1.54) is 32.4 Å². The molecule has 0 radical (unpaired) electrons. The van der Waals surface area contributed by atoms with Crippen LogP contribution in [-0.2, 0) is 4.79 Å². The molecule has 0 unspecified atom stereocenters. The fourth-order valence-corrected chi connectivity index (χ4v) is 5.12. The van der Waals surface area contributed by atoms with Crippen LogP contribution in [0.15, 0.2) is 48.2 Å². The van der Waals surface area contributed by atoms with E-state index in [1.807, 2.05) is 23.1 Å². The monoisotopic (exact) mass is 465 g/mol. The Labute approximate surface area is 199 Å². The van der Waals surface area contributed by atoms with Gasteiger partial charge in [0.05, 0.1) is 5.69 Å². The van der Waals surface area contributed by atoms with Gasteiger partial charge in [-0.15, -0.1) is 0 Å². The van der Waals surface area contributed by atoms with Crippen LogP contribution in [0.1, 0.15) is 48.0 Å². The second kappa shape index (κ2) is 9.57. The van der Waals surface area contributed by atoms with E-state index in [-0.39, 0.29) is 17.6 Å². The summed E-state index contributed by atoms with van der Waals surface area (Å²) >= 11 is 6.20. The van der Waals surface area contributed by atoms with E-state index in [0.717, 1.165) is 25.9 Å². The standard InChI is InChI=1S/C26H28ClN3O3/c27-21-7-3-2-6-18(21)17-24-25(31)28-22-16-19(8-9-23(22)33-24)26(32)30-14-10-20(11-15-30)29-12-4-1-5-13-29/h2-3,6-9,16-17,20H,1,4-5,10-15H2,(H,28,31). The van der Waals surface area contributed by atoms with E-state index in [9.17, 15) is 9.59 Å². The fourth-order valence-electron chi connectivity index (χ4n) is 4.93. The van der Waals surface area contributed by atoms with Crippen LogP contribution in [0, 0.1) is 0 Å². The van der Waals surface area contributed by atoms with Gasteiger partial charge in [0.15, 0.2) is 11.5 Å². The van der Waals surface area contributed by atoms with Gasteiger partial charge in [-0.25, -0.2) is 0 Å². The first-order valence-corrected chi connectivity index (χ1v) is 12.1. The molecule has 0 aliphatic carbocycles. The van der Waals surface area contributed by atoms with E-state index in [0.29, 0.717) is 33.6 Å². The minimum atomic E-state index is -0.366. The third kappa shape index (κ3) is 4.77. The van der Waals surface area contributed by atoms with Gasteiger partial charge in [-0.05, 0) is 74.7 Å². The van der Waals surface area contributed by atoms with Gasteiger partial charge in [0, 0.05) is 29.7 Å². The van der Waals surface area contributed by atoms with E-state index < -0.39 is 0 Å². The molecular weight excluding hydrogens is 438 g/mol. The maximum atomic E-state index is 13.1. The number of piperidine rings is 2. The van der Waals surface area contributed by atoms with E-state index >= 15 is 0 Å². The summed E-state index contributed by atoms with van der Waals surface area (Å²) in [5, 5.41) is 3.38. The number of rotatable bonds is 3.